The van der Waals surface area contributed by atoms with E-state index < -0.39 is 23.5 Å². The van der Waals surface area contributed by atoms with E-state index in [9.17, 15) is 28.3 Å². The predicted octanol–water partition coefficient (Wildman–Crippen LogP) is 2.19. The van der Waals surface area contributed by atoms with E-state index in [0.29, 0.717) is 11.6 Å². The molecule has 2 aromatic carbocycles. The van der Waals surface area contributed by atoms with Gasteiger partial charge >= 0.3 is 5.97 Å². The first-order chi connectivity index (χ1) is 13.4. The lowest BCUT2D eigenvalue weighted by atomic mass is 10.0. The molecule has 2 amide bonds. The van der Waals surface area contributed by atoms with Crippen molar-refractivity contribution >= 4 is 17.8 Å². The van der Waals surface area contributed by atoms with E-state index in [0.717, 1.165) is 12.1 Å². The van der Waals surface area contributed by atoms with Crippen LogP contribution >= 0.6 is 0 Å². The normalized spacial score (nSPS) is 14.1. The van der Waals surface area contributed by atoms with E-state index in [1.165, 1.54) is 11.0 Å². The number of carboxylic acid groups (broad SMARTS) is 1. The molecule has 0 bridgehead atoms. The zero-order chi connectivity index (χ0) is 20.3. The summed E-state index contributed by atoms with van der Waals surface area (Å²) in [4.78, 5) is 39.1. The minimum absolute atomic E-state index is 0.0526. The second kappa shape index (κ2) is 8.16. The second-order valence-electron chi connectivity index (χ2n) is 6.44. The molecule has 1 aliphatic heterocycles. The van der Waals surface area contributed by atoms with E-state index in [4.69, 9.17) is 0 Å². The van der Waals surface area contributed by atoms with E-state index in [-0.39, 0.29) is 49.6 Å². The molecule has 1 aliphatic rings. The topological polar surface area (TPSA) is 77.9 Å². The highest BCUT2D eigenvalue weighted by Crippen LogP contribution is 2.16. The average molecular weight is 388 g/mol. The molecule has 2 aromatic rings. The van der Waals surface area contributed by atoms with Crippen molar-refractivity contribution in [3.8, 4) is 0 Å². The Labute approximate surface area is 160 Å². The zero-order valence-corrected chi connectivity index (χ0v) is 14.9. The molecule has 0 saturated carbocycles. The number of halogens is 2. The Morgan fingerprint density at radius 3 is 2.18 bits per heavy atom. The van der Waals surface area contributed by atoms with E-state index in [2.05, 4.69) is 0 Å². The van der Waals surface area contributed by atoms with Gasteiger partial charge in [-0.25, -0.2) is 13.6 Å². The molecule has 1 saturated heterocycles. The summed E-state index contributed by atoms with van der Waals surface area (Å²) in [6.07, 6.45) is -0.0526. The Morgan fingerprint density at radius 2 is 1.54 bits per heavy atom. The standard InChI is InChI=1S/C20H18F2N2O4/c21-14-5-6-16(17(22)12-14)19(26)24-9-7-23(8-10-24)18(25)11-13-3-1-2-4-15(13)20(27)28/h1-6,12H,7-11H2,(H,27,28). The fraction of sp³-hybridized carbons (Fsp3) is 0.250. The highest BCUT2D eigenvalue weighted by Gasteiger charge is 2.27. The van der Waals surface area contributed by atoms with Gasteiger partial charge in [0.25, 0.3) is 5.91 Å². The fourth-order valence-corrected chi connectivity index (χ4v) is 3.15. The van der Waals surface area contributed by atoms with Gasteiger partial charge in [-0.05, 0) is 23.8 Å². The first-order valence-electron chi connectivity index (χ1n) is 8.70. The molecular weight excluding hydrogens is 370 g/mol. The number of nitrogens with zero attached hydrogens (tertiary/aromatic N) is 2. The Hall–Kier alpha value is -3.29. The lowest BCUT2D eigenvalue weighted by Gasteiger charge is -2.35. The highest BCUT2D eigenvalue weighted by atomic mass is 19.1. The van der Waals surface area contributed by atoms with Crippen molar-refractivity contribution < 1.29 is 28.3 Å². The quantitative estimate of drug-likeness (QED) is 0.871. The number of hydrogen-bond donors (Lipinski definition) is 1. The van der Waals surface area contributed by atoms with Crippen molar-refractivity contribution in [1.82, 2.24) is 9.80 Å². The molecule has 0 aromatic heterocycles. The highest BCUT2D eigenvalue weighted by molar-refractivity contribution is 5.95. The van der Waals surface area contributed by atoms with Crippen LogP contribution in [0, 0.1) is 11.6 Å². The first kappa shape index (κ1) is 19.5. The summed E-state index contributed by atoms with van der Waals surface area (Å²) >= 11 is 0. The van der Waals surface area contributed by atoms with E-state index >= 15 is 0 Å². The molecule has 0 spiro atoms. The molecule has 1 fully saturated rings. The van der Waals surface area contributed by atoms with Gasteiger partial charge in [-0.15, -0.1) is 0 Å². The molecule has 0 unspecified atom stereocenters. The third-order valence-electron chi connectivity index (χ3n) is 4.67. The second-order valence-corrected chi connectivity index (χ2v) is 6.44. The lowest BCUT2D eigenvalue weighted by molar-refractivity contribution is -0.131. The SMILES string of the molecule is O=C(O)c1ccccc1CC(=O)N1CCN(C(=O)c2ccc(F)cc2F)CC1. The van der Waals surface area contributed by atoms with Gasteiger partial charge < -0.3 is 14.9 Å². The number of carbonyl (C=O) groups excluding carboxylic acids is 2. The number of aromatic carboxylic acids is 1. The van der Waals surface area contributed by atoms with Crippen molar-refractivity contribution in [1.29, 1.82) is 0 Å². The molecule has 8 heteroatoms. The molecule has 0 atom stereocenters. The van der Waals surface area contributed by atoms with E-state index in [1.807, 2.05) is 0 Å². The summed E-state index contributed by atoms with van der Waals surface area (Å²) in [6.45, 7) is 0.926. The summed E-state index contributed by atoms with van der Waals surface area (Å²) in [6, 6.07) is 9.09. The minimum atomic E-state index is -1.10. The predicted molar refractivity (Wildman–Crippen MR) is 95.9 cm³/mol. The average Bonchev–Trinajstić information content (AvgIpc) is 2.68. The van der Waals surface area contributed by atoms with Crippen molar-refractivity contribution in [2.75, 3.05) is 26.2 Å². The van der Waals surface area contributed by atoms with E-state index in [1.54, 1.807) is 23.1 Å². The molecule has 1 N–H and O–H groups in total. The first-order valence-corrected chi connectivity index (χ1v) is 8.70. The molecule has 1 heterocycles. The Balaban J connectivity index is 1.61. The summed E-state index contributed by atoms with van der Waals surface area (Å²) in [5.41, 5.74) is 0.292. The van der Waals surface area contributed by atoms with Crippen LogP contribution in [0.3, 0.4) is 0 Å². The molecule has 28 heavy (non-hydrogen) atoms. The molecule has 3 rings (SSSR count). The van der Waals surface area contributed by atoms with Crippen molar-refractivity contribution in [2.24, 2.45) is 0 Å². The Bertz CT molecular complexity index is 924. The molecule has 146 valence electrons. The third kappa shape index (κ3) is 4.16. The smallest absolute Gasteiger partial charge is 0.335 e. The van der Waals surface area contributed by atoms with Crippen LogP contribution in [0.15, 0.2) is 42.5 Å². The summed E-state index contributed by atoms with van der Waals surface area (Å²) in [7, 11) is 0. The van der Waals surface area contributed by atoms with Gasteiger partial charge in [-0.1, -0.05) is 18.2 Å². The molecular formula is C20H18F2N2O4. The van der Waals surface area contributed by atoms with Gasteiger partial charge in [0.2, 0.25) is 5.91 Å². The zero-order valence-electron chi connectivity index (χ0n) is 14.9. The lowest BCUT2D eigenvalue weighted by Crippen LogP contribution is -2.51. The van der Waals surface area contributed by atoms with Gasteiger partial charge in [0.15, 0.2) is 0 Å². The number of piperazine rings is 1. The summed E-state index contributed by atoms with van der Waals surface area (Å²) in [5, 5.41) is 9.21. The number of carboxylic acids is 1. The van der Waals surface area contributed by atoms with Gasteiger partial charge in [0.1, 0.15) is 11.6 Å². The van der Waals surface area contributed by atoms with Crippen molar-refractivity contribution in [3.05, 3.63) is 70.8 Å². The number of carbonyl (C=O) groups is 3. The van der Waals surface area contributed by atoms with Crippen molar-refractivity contribution in [2.45, 2.75) is 6.42 Å². The number of rotatable bonds is 4. The van der Waals surface area contributed by atoms with Crippen molar-refractivity contribution in [3.63, 3.8) is 0 Å². The molecule has 0 aliphatic carbocycles. The number of amides is 2. The van der Waals surface area contributed by atoms with Crippen LogP contribution in [0.5, 0.6) is 0 Å². The van der Waals surface area contributed by atoms with Crippen LogP contribution in [0.1, 0.15) is 26.3 Å². The van der Waals surface area contributed by atoms with Gasteiger partial charge in [0.05, 0.1) is 17.5 Å². The maximum absolute atomic E-state index is 13.8. The summed E-state index contributed by atoms with van der Waals surface area (Å²) in [5.74, 6) is -3.57. The van der Waals surface area contributed by atoms with Crippen LogP contribution in [-0.4, -0.2) is 58.9 Å². The van der Waals surface area contributed by atoms with Crippen LogP contribution < -0.4 is 0 Å². The maximum atomic E-state index is 13.8. The largest absolute Gasteiger partial charge is 0.478 e. The maximum Gasteiger partial charge on any atom is 0.335 e. The number of benzene rings is 2. The van der Waals surface area contributed by atoms with Gasteiger partial charge in [-0.2, -0.15) is 0 Å². The monoisotopic (exact) mass is 388 g/mol. The van der Waals surface area contributed by atoms with Gasteiger partial charge in [-0.3, -0.25) is 9.59 Å². The van der Waals surface area contributed by atoms with Crippen LogP contribution in [0.25, 0.3) is 0 Å². The summed E-state index contributed by atoms with van der Waals surface area (Å²) < 4.78 is 26.8. The molecule has 6 nitrogen and oxygen atoms in total. The fourth-order valence-electron chi connectivity index (χ4n) is 3.15. The number of hydrogen-bond acceptors (Lipinski definition) is 3. The third-order valence-corrected chi connectivity index (χ3v) is 4.67. The van der Waals surface area contributed by atoms with Crippen LogP contribution in [0.4, 0.5) is 8.78 Å². The van der Waals surface area contributed by atoms with Gasteiger partial charge in [0, 0.05) is 32.2 Å². The minimum Gasteiger partial charge on any atom is -0.478 e. The van der Waals surface area contributed by atoms with Crippen LogP contribution in [0.2, 0.25) is 0 Å². The molecule has 0 radical (unpaired) electrons. The Kier molecular flexibility index (Phi) is 5.67. The Morgan fingerprint density at radius 1 is 0.893 bits per heavy atom. The van der Waals surface area contributed by atoms with Crippen LogP contribution in [-0.2, 0) is 11.2 Å².